The van der Waals surface area contributed by atoms with Crippen LogP contribution in [0.5, 0.6) is 0 Å². The molecule has 1 N–H and O–H groups in total. The van der Waals surface area contributed by atoms with Gasteiger partial charge in [-0.15, -0.1) is 0 Å². The number of aromatic nitrogens is 1. The molecule has 1 heterocycles. The molecule has 5 heteroatoms. The highest BCUT2D eigenvalue weighted by molar-refractivity contribution is 6.35. The van der Waals surface area contributed by atoms with Gasteiger partial charge in [-0.1, -0.05) is 35.3 Å². The van der Waals surface area contributed by atoms with Crippen LogP contribution in [-0.4, -0.2) is 11.7 Å². The first-order chi connectivity index (χ1) is 8.22. The van der Waals surface area contributed by atoms with Crippen LogP contribution in [0, 0.1) is 0 Å². The number of hydrogen-bond acceptors (Lipinski definition) is 3. The summed E-state index contributed by atoms with van der Waals surface area (Å²) in [5, 5.41) is 8.25. The topological polar surface area (TPSA) is 38.1 Å². The normalized spacial score (nSPS) is 10.8. The van der Waals surface area contributed by atoms with Gasteiger partial charge < -0.3 is 9.84 Å². The molecule has 3 nitrogen and oxygen atoms in total. The summed E-state index contributed by atoms with van der Waals surface area (Å²) in [6, 6.07) is 5.27. The minimum Gasteiger partial charge on any atom is -0.356 e. The zero-order chi connectivity index (χ0) is 12.3. The Morgan fingerprint density at radius 1 is 1.35 bits per heavy atom. The van der Waals surface area contributed by atoms with Crippen LogP contribution in [0.25, 0.3) is 11.3 Å². The van der Waals surface area contributed by atoms with Gasteiger partial charge in [0.05, 0.1) is 11.2 Å². The second-order valence-corrected chi connectivity index (χ2v) is 4.43. The van der Waals surface area contributed by atoms with Gasteiger partial charge in [0, 0.05) is 22.7 Å². The van der Waals surface area contributed by atoms with Crippen LogP contribution in [0.15, 0.2) is 28.9 Å². The van der Waals surface area contributed by atoms with Gasteiger partial charge in [-0.3, -0.25) is 0 Å². The van der Waals surface area contributed by atoms with E-state index in [0.29, 0.717) is 22.4 Å². The Hall–Kier alpha value is -1.03. The average Bonchev–Trinajstić information content (AvgIpc) is 2.77. The molecule has 0 unspecified atom stereocenters. The number of halogens is 2. The smallest absolute Gasteiger partial charge is 0.172 e. The van der Waals surface area contributed by atoms with E-state index in [2.05, 4.69) is 10.5 Å². The first-order valence-corrected chi connectivity index (χ1v) is 6.07. The summed E-state index contributed by atoms with van der Waals surface area (Å²) < 4.78 is 5.25. The van der Waals surface area contributed by atoms with Crippen molar-refractivity contribution in [3.05, 3.63) is 40.0 Å². The quantitative estimate of drug-likeness (QED) is 0.920. The van der Waals surface area contributed by atoms with Crippen molar-refractivity contribution in [3.63, 3.8) is 0 Å². The minimum absolute atomic E-state index is 0.601. The highest BCUT2D eigenvalue weighted by Crippen LogP contribution is 2.32. The third-order valence-electron chi connectivity index (χ3n) is 2.38. The van der Waals surface area contributed by atoms with E-state index in [9.17, 15) is 0 Å². The minimum atomic E-state index is 0.601. The van der Waals surface area contributed by atoms with Gasteiger partial charge in [0.25, 0.3) is 0 Å². The number of rotatable bonds is 4. The summed E-state index contributed by atoms with van der Waals surface area (Å²) in [4.78, 5) is 0. The summed E-state index contributed by atoms with van der Waals surface area (Å²) in [6.07, 6.45) is 1.69. The Balaban J connectivity index is 2.38. The molecule has 1 aromatic heterocycles. The Bertz CT molecular complexity index is 511. The van der Waals surface area contributed by atoms with Crippen LogP contribution in [0.4, 0.5) is 0 Å². The van der Waals surface area contributed by atoms with Gasteiger partial charge in [-0.2, -0.15) is 0 Å². The molecule has 1 aromatic carbocycles. The number of nitrogens with one attached hydrogen (secondary N) is 1. The maximum Gasteiger partial charge on any atom is 0.172 e. The molecule has 0 saturated carbocycles. The van der Waals surface area contributed by atoms with Crippen molar-refractivity contribution in [2.24, 2.45) is 0 Å². The summed E-state index contributed by atoms with van der Waals surface area (Å²) in [7, 11) is 0. The Morgan fingerprint density at radius 2 is 2.18 bits per heavy atom. The summed E-state index contributed by atoms with van der Waals surface area (Å²) in [5.74, 6) is 0.665. The van der Waals surface area contributed by atoms with Gasteiger partial charge in [0.15, 0.2) is 5.76 Å². The van der Waals surface area contributed by atoms with E-state index in [1.165, 1.54) is 0 Å². The van der Waals surface area contributed by atoms with E-state index >= 15 is 0 Å². The molecule has 0 saturated heterocycles. The largest absolute Gasteiger partial charge is 0.356 e. The lowest BCUT2D eigenvalue weighted by Gasteiger charge is -2.04. The number of benzene rings is 1. The predicted molar refractivity (Wildman–Crippen MR) is 69.3 cm³/mol. The molecule has 2 rings (SSSR count). The molecule has 0 bridgehead atoms. The van der Waals surface area contributed by atoms with Gasteiger partial charge in [0.2, 0.25) is 0 Å². The molecule has 0 spiro atoms. The molecule has 2 aromatic rings. The fourth-order valence-electron chi connectivity index (χ4n) is 1.54. The lowest BCUT2D eigenvalue weighted by atomic mass is 10.1. The van der Waals surface area contributed by atoms with Gasteiger partial charge in [0.1, 0.15) is 0 Å². The molecule has 90 valence electrons. The Labute approximate surface area is 110 Å². The van der Waals surface area contributed by atoms with E-state index in [1.54, 1.807) is 24.4 Å². The third kappa shape index (κ3) is 2.80. The van der Waals surface area contributed by atoms with E-state index in [0.717, 1.165) is 17.7 Å². The van der Waals surface area contributed by atoms with Crippen molar-refractivity contribution in [1.82, 2.24) is 10.5 Å². The van der Waals surface area contributed by atoms with E-state index in [4.69, 9.17) is 27.7 Å². The van der Waals surface area contributed by atoms with Crippen molar-refractivity contribution in [1.29, 1.82) is 0 Å². The van der Waals surface area contributed by atoms with Crippen LogP contribution in [0.2, 0.25) is 10.0 Å². The van der Waals surface area contributed by atoms with E-state index in [-0.39, 0.29) is 0 Å². The fourth-order valence-corrected chi connectivity index (χ4v) is 1.91. The molecule has 0 aliphatic heterocycles. The van der Waals surface area contributed by atoms with E-state index in [1.807, 2.05) is 6.92 Å². The molecule has 0 aliphatic carbocycles. The zero-order valence-electron chi connectivity index (χ0n) is 9.34. The maximum absolute atomic E-state index is 6.13. The Morgan fingerprint density at radius 3 is 2.94 bits per heavy atom. The lowest BCUT2D eigenvalue weighted by Crippen LogP contribution is -2.11. The average molecular weight is 271 g/mol. The SMILES string of the molecule is CCNCc1cnoc1-c1cc(Cl)ccc1Cl. The zero-order valence-corrected chi connectivity index (χ0v) is 10.8. The second kappa shape index (κ2) is 5.54. The van der Waals surface area contributed by atoms with Crippen molar-refractivity contribution >= 4 is 23.2 Å². The fraction of sp³-hybridized carbons (Fsp3) is 0.250. The number of hydrogen-bond donors (Lipinski definition) is 1. The highest BCUT2D eigenvalue weighted by Gasteiger charge is 2.13. The van der Waals surface area contributed by atoms with Crippen molar-refractivity contribution in [2.45, 2.75) is 13.5 Å². The van der Waals surface area contributed by atoms with Crippen molar-refractivity contribution in [3.8, 4) is 11.3 Å². The van der Waals surface area contributed by atoms with Gasteiger partial charge in [-0.05, 0) is 24.7 Å². The van der Waals surface area contributed by atoms with Crippen LogP contribution in [0.3, 0.4) is 0 Å². The number of nitrogens with zero attached hydrogens (tertiary/aromatic N) is 1. The summed E-state index contributed by atoms with van der Waals surface area (Å²) >= 11 is 12.1. The standard InChI is InChI=1S/C12H12Cl2N2O/c1-2-15-6-8-7-16-17-12(8)10-5-9(13)3-4-11(10)14/h3-5,7,15H,2,6H2,1H3. The third-order valence-corrected chi connectivity index (χ3v) is 2.95. The first-order valence-electron chi connectivity index (χ1n) is 5.32. The van der Waals surface area contributed by atoms with Crippen LogP contribution >= 0.6 is 23.2 Å². The lowest BCUT2D eigenvalue weighted by molar-refractivity contribution is 0.431. The molecular weight excluding hydrogens is 259 g/mol. The van der Waals surface area contributed by atoms with Crippen LogP contribution < -0.4 is 5.32 Å². The molecular formula is C12H12Cl2N2O. The van der Waals surface area contributed by atoms with Gasteiger partial charge >= 0.3 is 0 Å². The first kappa shape index (κ1) is 12.4. The maximum atomic E-state index is 6.13. The van der Waals surface area contributed by atoms with Gasteiger partial charge in [-0.25, -0.2) is 0 Å². The Kier molecular flexibility index (Phi) is 4.05. The second-order valence-electron chi connectivity index (χ2n) is 3.58. The molecule has 17 heavy (non-hydrogen) atoms. The van der Waals surface area contributed by atoms with E-state index < -0.39 is 0 Å². The predicted octanol–water partition coefficient (Wildman–Crippen LogP) is 3.76. The van der Waals surface area contributed by atoms with Crippen LogP contribution in [0.1, 0.15) is 12.5 Å². The summed E-state index contributed by atoms with van der Waals surface area (Å²) in [6.45, 7) is 3.62. The van der Waals surface area contributed by atoms with Crippen molar-refractivity contribution in [2.75, 3.05) is 6.54 Å². The van der Waals surface area contributed by atoms with Crippen LogP contribution in [-0.2, 0) is 6.54 Å². The highest BCUT2D eigenvalue weighted by atomic mass is 35.5. The molecule has 0 atom stereocenters. The monoisotopic (exact) mass is 270 g/mol. The molecule has 0 radical (unpaired) electrons. The molecule has 0 aliphatic rings. The van der Waals surface area contributed by atoms with Crippen molar-refractivity contribution < 1.29 is 4.52 Å². The molecule has 0 fully saturated rings. The molecule has 0 amide bonds. The summed E-state index contributed by atoms with van der Waals surface area (Å²) in [5.41, 5.74) is 1.74.